The van der Waals surface area contributed by atoms with Crippen LogP contribution >= 0.6 is 35.3 Å². The highest BCUT2D eigenvalue weighted by atomic mass is 127. The molecule has 0 aliphatic rings. The average molecular weight is 417 g/mol. The first-order valence-electron chi connectivity index (χ1n) is 6.65. The molecule has 0 atom stereocenters. The number of aromatic nitrogens is 2. The maximum Gasteiger partial charge on any atom is 0.188 e. The van der Waals surface area contributed by atoms with Gasteiger partial charge >= 0.3 is 0 Å². The van der Waals surface area contributed by atoms with E-state index in [4.69, 9.17) is 5.73 Å². The van der Waals surface area contributed by atoms with E-state index in [1.165, 1.54) is 0 Å². The van der Waals surface area contributed by atoms with E-state index < -0.39 is 0 Å². The molecule has 0 saturated carbocycles. The molecule has 2 aromatic heterocycles. The maximum atomic E-state index is 5.82. The van der Waals surface area contributed by atoms with Crippen molar-refractivity contribution in [3.05, 3.63) is 46.2 Å². The van der Waals surface area contributed by atoms with E-state index in [9.17, 15) is 0 Å². The van der Waals surface area contributed by atoms with Gasteiger partial charge in [0.05, 0.1) is 17.2 Å². The van der Waals surface area contributed by atoms with Crippen molar-refractivity contribution in [2.24, 2.45) is 10.7 Å². The number of nitrogens with one attached hydrogen (secondary N) is 1. The zero-order valence-electron chi connectivity index (χ0n) is 12.0. The molecule has 0 spiro atoms. The third-order valence-corrected chi connectivity index (χ3v) is 3.77. The van der Waals surface area contributed by atoms with E-state index in [1.807, 2.05) is 23.6 Å². The Morgan fingerprint density at radius 3 is 2.90 bits per heavy atom. The molecule has 0 unspecified atom stereocenters. The summed E-state index contributed by atoms with van der Waals surface area (Å²) < 4.78 is 0. The molecule has 3 N–H and O–H groups in total. The molecule has 21 heavy (non-hydrogen) atoms. The molecule has 0 aliphatic heterocycles. The fraction of sp³-hybridized carbons (Fsp3) is 0.357. The highest BCUT2D eigenvalue weighted by molar-refractivity contribution is 14.0. The van der Waals surface area contributed by atoms with Crippen molar-refractivity contribution in [3.63, 3.8) is 0 Å². The molecule has 7 heteroatoms. The van der Waals surface area contributed by atoms with Crippen molar-refractivity contribution >= 4 is 41.3 Å². The first kappa shape index (κ1) is 17.8. The molecule has 2 rings (SSSR count). The van der Waals surface area contributed by atoms with E-state index >= 15 is 0 Å². The van der Waals surface area contributed by atoms with Gasteiger partial charge in [0.15, 0.2) is 5.96 Å². The Bertz CT molecular complexity index is 556. The molecule has 0 aromatic carbocycles. The number of aliphatic imine (C=N–C) groups is 1. The molecule has 2 aromatic rings. The SMILES string of the molecule is CCc1nc(CN=C(N)NCCc2ccccn2)cs1.I. The number of guanidine groups is 1. The Balaban J connectivity index is 0.00000220. The van der Waals surface area contributed by atoms with Crippen molar-refractivity contribution in [2.45, 2.75) is 26.3 Å². The third kappa shape index (κ3) is 6.38. The van der Waals surface area contributed by atoms with Crippen LogP contribution in [-0.2, 0) is 19.4 Å². The summed E-state index contributed by atoms with van der Waals surface area (Å²) in [5.41, 5.74) is 7.83. The van der Waals surface area contributed by atoms with Gasteiger partial charge in [0.25, 0.3) is 0 Å². The van der Waals surface area contributed by atoms with E-state index in [1.54, 1.807) is 17.5 Å². The molecule has 0 aliphatic carbocycles. The number of nitrogens with zero attached hydrogens (tertiary/aromatic N) is 3. The monoisotopic (exact) mass is 417 g/mol. The molecule has 0 bridgehead atoms. The summed E-state index contributed by atoms with van der Waals surface area (Å²) in [6.45, 7) is 3.35. The fourth-order valence-electron chi connectivity index (χ4n) is 1.67. The highest BCUT2D eigenvalue weighted by Crippen LogP contribution is 2.10. The molecule has 0 amide bonds. The van der Waals surface area contributed by atoms with Crippen LogP contribution in [0.3, 0.4) is 0 Å². The van der Waals surface area contributed by atoms with Crippen molar-refractivity contribution in [1.82, 2.24) is 15.3 Å². The Hall–Kier alpha value is -1.22. The van der Waals surface area contributed by atoms with Gasteiger partial charge in [-0.1, -0.05) is 13.0 Å². The van der Waals surface area contributed by atoms with E-state index in [0.29, 0.717) is 12.5 Å². The molecule has 5 nitrogen and oxygen atoms in total. The van der Waals surface area contributed by atoms with Crippen LogP contribution in [0.25, 0.3) is 0 Å². The number of rotatable bonds is 6. The minimum absolute atomic E-state index is 0. The Kier molecular flexibility index (Phi) is 8.21. The van der Waals surface area contributed by atoms with Gasteiger partial charge in [-0.15, -0.1) is 35.3 Å². The molecule has 2 heterocycles. The summed E-state index contributed by atoms with van der Waals surface area (Å²) in [5, 5.41) is 6.25. The zero-order valence-corrected chi connectivity index (χ0v) is 15.1. The van der Waals surface area contributed by atoms with Crippen molar-refractivity contribution in [2.75, 3.05) is 6.54 Å². The molecule has 0 saturated heterocycles. The second-order valence-corrected chi connectivity index (χ2v) is 5.23. The van der Waals surface area contributed by atoms with Crippen LogP contribution in [0, 0.1) is 0 Å². The van der Waals surface area contributed by atoms with Crippen LogP contribution in [-0.4, -0.2) is 22.5 Å². The molecular weight excluding hydrogens is 397 g/mol. The number of aryl methyl sites for hydroxylation is 1. The van der Waals surface area contributed by atoms with Gasteiger partial charge < -0.3 is 11.1 Å². The van der Waals surface area contributed by atoms with Gasteiger partial charge in [0.1, 0.15) is 0 Å². The van der Waals surface area contributed by atoms with E-state index in [-0.39, 0.29) is 24.0 Å². The Labute approximate surface area is 146 Å². The lowest BCUT2D eigenvalue weighted by atomic mass is 10.3. The number of thiazole rings is 1. The quantitative estimate of drug-likeness (QED) is 0.430. The van der Waals surface area contributed by atoms with Crippen LogP contribution in [0.5, 0.6) is 0 Å². The summed E-state index contributed by atoms with van der Waals surface area (Å²) in [7, 11) is 0. The maximum absolute atomic E-state index is 5.82. The lowest BCUT2D eigenvalue weighted by Gasteiger charge is -2.04. The second kappa shape index (κ2) is 9.67. The van der Waals surface area contributed by atoms with Crippen LogP contribution in [0.15, 0.2) is 34.8 Å². The summed E-state index contributed by atoms with van der Waals surface area (Å²) >= 11 is 1.67. The summed E-state index contributed by atoms with van der Waals surface area (Å²) in [4.78, 5) is 13.0. The number of nitrogens with two attached hydrogens (primary N) is 1. The number of hydrogen-bond acceptors (Lipinski definition) is 4. The minimum atomic E-state index is 0. The first-order chi connectivity index (χ1) is 9.78. The summed E-state index contributed by atoms with van der Waals surface area (Å²) in [6.07, 6.45) is 3.58. The smallest absolute Gasteiger partial charge is 0.188 e. The van der Waals surface area contributed by atoms with E-state index in [2.05, 4.69) is 27.2 Å². The summed E-state index contributed by atoms with van der Waals surface area (Å²) in [6, 6.07) is 5.88. The predicted octanol–water partition coefficient (Wildman–Crippen LogP) is 2.37. The van der Waals surface area contributed by atoms with Gasteiger partial charge in [-0.25, -0.2) is 9.98 Å². The van der Waals surface area contributed by atoms with Gasteiger partial charge in [-0.3, -0.25) is 4.98 Å². The Morgan fingerprint density at radius 2 is 2.24 bits per heavy atom. The lowest BCUT2D eigenvalue weighted by molar-refractivity contribution is 0.825. The van der Waals surface area contributed by atoms with Gasteiger partial charge in [0.2, 0.25) is 0 Å². The zero-order chi connectivity index (χ0) is 14.2. The van der Waals surface area contributed by atoms with Crippen LogP contribution in [0.4, 0.5) is 0 Å². The fourth-order valence-corrected chi connectivity index (χ4v) is 2.41. The largest absolute Gasteiger partial charge is 0.370 e. The van der Waals surface area contributed by atoms with E-state index in [0.717, 1.165) is 35.8 Å². The van der Waals surface area contributed by atoms with Crippen LogP contribution < -0.4 is 11.1 Å². The Morgan fingerprint density at radius 1 is 1.38 bits per heavy atom. The standard InChI is InChI=1S/C14H19N5S.HI/c1-2-13-19-12(10-20-13)9-18-14(15)17-8-6-11-5-3-4-7-16-11;/h3-5,7,10H,2,6,8-9H2,1H3,(H3,15,17,18);1H. The average Bonchev–Trinajstić information content (AvgIpc) is 2.94. The summed E-state index contributed by atoms with van der Waals surface area (Å²) in [5.74, 6) is 0.451. The molecular formula is C14H20IN5S. The molecule has 114 valence electrons. The first-order valence-corrected chi connectivity index (χ1v) is 7.53. The second-order valence-electron chi connectivity index (χ2n) is 4.29. The molecule has 0 radical (unpaired) electrons. The number of pyridine rings is 1. The topological polar surface area (TPSA) is 76.2 Å². The van der Waals surface area contributed by atoms with Crippen molar-refractivity contribution in [3.8, 4) is 0 Å². The lowest BCUT2D eigenvalue weighted by Crippen LogP contribution is -2.33. The third-order valence-electron chi connectivity index (χ3n) is 2.73. The van der Waals surface area contributed by atoms with Crippen molar-refractivity contribution < 1.29 is 0 Å². The predicted molar refractivity (Wildman–Crippen MR) is 98.2 cm³/mol. The van der Waals surface area contributed by atoms with Gasteiger partial charge in [-0.05, 0) is 18.6 Å². The normalized spacial score (nSPS) is 11.0. The van der Waals surface area contributed by atoms with Crippen LogP contribution in [0.2, 0.25) is 0 Å². The number of hydrogen-bond donors (Lipinski definition) is 2. The van der Waals surface area contributed by atoms with Crippen molar-refractivity contribution in [1.29, 1.82) is 0 Å². The number of halogens is 1. The van der Waals surface area contributed by atoms with Gasteiger partial charge in [-0.2, -0.15) is 0 Å². The van der Waals surface area contributed by atoms with Crippen LogP contribution in [0.1, 0.15) is 23.3 Å². The molecule has 0 fully saturated rings. The minimum Gasteiger partial charge on any atom is -0.370 e. The highest BCUT2D eigenvalue weighted by Gasteiger charge is 2.00. The van der Waals surface area contributed by atoms with Gasteiger partial charge in [0, 0.05) is 30.2 Å².